The molecule has 0 radical (unpaired) electrons. The van der Waals surface area contributed by atoms with E-state index >= 15 is 0 Å². The van der Waals surface area contributed by atoms with Crippen molar-refractivity contribution < 1.29 is 0 Å². The lowest BCUT2D eigenvalue weighted by Crippen LogP contribution is -1.99. The molecule has 3 aromatic heterocycles. The molecule has 0 fully saturated rings. The van der Waals surface area contributed by atoms with Gasteiger partial charge in [-0.25, -0.2) is 4.98 Å². The minimum Gasteiger partial charge on any atom is -0.340 e. The summed E-state index contributed by atoms with van der Waals surface area (Å²) in [5.41, 5.74) is 3.04. The number of aromatic amines is 1. The maximum atomic E-state index is 4.90. The summed E-state index contributed by atoms with van der Waals surface area (Å²) in [5.74, 6) is 1.65. The Kier molecular flexibility index (Phi) is 3.89. The maximum Gasteiger partial charge on any atom is 0.150 e. The molecule has 6 heteroatoms. The molecule has 3 aromatic carbocycles. The highest BCUT2D eigenvalue weighted by Gasteiger charge is 2.10. The number of benzene rings is 3. The Hall–Kier alpha value is -3.90. The molecule has 0 bridgehead atoms. The predicted octanol–water partition coefficient (Wildman–Crippen LogP) is 6.81. The van der Waals surface area contributed by atoms with E-state index < -0.39 is 0 Å². The second kappa shape index (κ2) is 6.86. The van der Waals surface area contributed by atoms with Crippen LogP contribution in [0.25, 0.3) is 31.8 Å². The Labute approximate surface area is 176 Å². The molecular formula is C24H17N5S. The van der Waals surface area contributed by atoms with Crippen molar-refractivity contribution in [3.8, 4) is 0 Å². The average Bonchev–Trinajstić information content (AvgIpc) is 3.43. The minimum atomic E-state index is 0.809. The van der Waals surface area contributed by atoms with E-state index in [1.54, 1.807) is 11.3 Å². The molecule has 0 saturated carbocycles. The lowest BCUT2D eigenvalue weighted by molar-refractivity contribution is 1.12. The molecule has 6 rings (SSSR count). The Balaban J connectivity index is 1.41. The monoisotopic (exact) mass is 407 g/mol. The van der Waals surface area contributed by atoms with Gasteiger partial charge in [-0.2, -0.15) is 5.10 Å². The van der Waals surface area contributed by atoms with Gasteiger partial charge in [-0.3, -0.25) is 5.10 Å². The quantitative estimate of drug-likeness (QED) is 0.300. The predicted molar refractivity (Wildman–Crippen MR) is 126 cm³/mol. The van der Waals surface area contributed by atoms with E-state index in [0.717, 1.165) is 44.0 Å². The first kappa shape index (κ1) is 17.0. The fraction of sp³-hybridized carbons (Fsp3) is 0. The molecular weight excluding hydrogens is 390 g/mol. The van der Waals surface area contributed by atoms with Crippen molar-refractivity contribution >= 4 is 66.1 Å². The van der Waals surface area contributed by atoms with Crippen molar-refractivity contribution in [2.24, 2.45) is 0 Å². The van der Waals surface area contributed by atoms with Crippen LogP contribution in [0.4, 0.5) is 23.0 Å². The van der Waals surface area contributed by atoms with Crippen molar-refractivity contribution in [3.63, 3.8) is 0 Å². The number of nitrogens with one attached hydrogen (secondary N) is 3. The molecule has 0 aliphatic carbocycles. The molecule has 6 aromatic rings. The molecule has 144 valence electrons. The molecule has 3 heterocycles. The SMILES string of the molecule is c1ccc2c(Nc3cc4ccsc4c(Nc4ccc5[nH]ncc5c4)n3)cccc2c1. The fourth-order valence-electron chi connectivity index (χ4n) is 3.75. The van der Waals surface area contributed by atoms with E-state index in [4.69, 9.17) is 4.98 Å². The molecule has 0 saturated heterocycles. The highest BCUT2D eigenvalue weighted by molar-refractivity contribution is 7.17. The summed E-state index contributed by atoms with van der Waals surface area (Å²) in [6.45, 7) is 0. The number of hydrogen-bond donors (Lipinski definition) is 3. The van der Waals surface area contributed by atoms with Crippen LogP contribution in [-0.2, 0) is 0 Å². The van der Waals surface area contributed by atoms with Crippen molar-refractivity contribution in [1.29, 1.82) is 0 Å². The first-order valence-corrected chi connectivity index (χ1v) is 10.5. The Bertz CT molecular complexity index is 1510. The smallest absolute Gasteiger partial charge is 0.150 e. The Morgan fingerprint density at radius 1 is 0.800 bits per heavy atom. The number of pyridine rings is 1. The van der Waals surface area contributed by atoms with Gasteiger partial charge < -0.3 is 10.6 Å². The number of nitrogens with zero attached hydrogens (tertiary/aromatic N) is 2. The lowest BCUT2D eigenvalue weighted by Gasteiger charge is -2.12. The average molecular weight is 408 g/mol. The molecule has 0 aliphatic heterocycles. The summed E-state index contributed by atoms with van der Waals surface area (Å²) >= 11 is 1.68. The zero-order chi connectivity index (χ0) is 19.9. The number of anilines is 4. The molecule has 0 aliphatic rings. The van der Waals surface area contributed by atoms with Gasteiger partial charge in [0.15, 0.2) is 5.82 Å². The second-order valence-electron chi connectivity index (χ2n) is 7.14. The third-order valence-electron chi connectivity index (χ3n) is 5.19. The molecule has 0 unspecified atom stereocenters. The van der Waals surface area contributed by atoms with E-state index in [2.05, 4.69) is 86.9 Å². The normalized spacial score (nSPS) is 11.3. The van der Waals surface area contributed by atoms with Crippen molar-refractivity contribution in [2.75, 3.05) is 10.6 Å². The van der Waals surface area contributed by atoms with Crippen LogP contribution in [0, 0.1) is 0 Å². The summed E-state index contributed by atoms with van der Waals surface area (Å²) in [7, 11) is 0. The van der Waals surface area contributed by atoms with E-state index in [9.17, 15) is 0 Å². The van der Waals surface area contributed by atoms with Crippen LogP contribution in [0.5, 0.6) is 0 Å². The maximum absolute atomic E-state index is 4.90. The van der Waals surface area contributed by atoms with Gasteiger partial charge in [0.2, 0.25) is 0 Å². The first-order valence-electron chi connectivity index (χ1n) is 9.67. The van der Waals surface area contributed by atoms with E-state index in [-0.39, 0.29) is 0 Å². The largest absolute Gasteiger partial charge is 0.340 e. The summed E-state index contributed by atoms with van der Waals surface area (Å²) in [6, 6.07) is 25.0. The van der Waals surface area contributed by atoms with Crippen LogP contribution >= 0.6 is 11.3 Å². The molecule has 0 atom stereocenters. The Morgan fingerprint density at radius 3 is 2.73 bits per heavy atom. The van der Waals surface area contributed by atoms with Crippen LogP contribution in [0.2, 0.25) is 0 Å². The third-order valence-corrected chi connectivity index (χ3v) is 6.13. The molecule has 30 heavy (non-hydrogen) atoms. The molecule has 0 spiro atoms. The van der Waals surface area contributed by atoms with Gasteiger partial charge in [-0.1, -0.05) is 36.4 Å². The molecule has 5 nitrogen and oxygen atoms in total. The second-order valence-corrected chi connectivity index (χ2v) is 8.06. The van der Waals surface area contributed by atoms with Crippen molar-refractivity contribution in [2.45, 2.75) is 0 Å². The highest BCUT2D eigenvalue weighted by atomic mass is 32.1. The van der Waals surface area contributed by atoms with E-state index in [1.165, 1.54) is 10.8 Å². The third kappa shape index (κ3) is 2.94. The standard InChI is InChI=1S/C24H17N5S/c1-2-6-19-15(4-1)5-3-7-21(19)27-22-13-16-10-11-30-23(16)24(28-22)26-18-8-9-20-17(12-18)14-25-29-20/h1-14H,(H,25,29)(H2,26,27,28). The number of rotatable bonds is 4. The van der Waals surface area contributed by atoms with Gasteiger partial charge >= 0.3 is 0 Å². The summed E-state index contributed by atoms with van der Waals surface area (Å²) in [5, 5.41) is 20.8. The summed E-state index contributed by atoms with van der Waals surface area (Å²) < 4.78 is 1.13. The number of fused-ring (bicyclic) bond motifs is 3. The van der Waals surface area contributed by atoms with Gasteiger partial charge in [-0.05, 0) is 52.6 Å². The highest BCUT2D eigenvalue weighted by Crippen LogP contribution is 2.34. The minimum absolute atomic E-state index is 0.809. The zero-order valence-corrected chi connectivity index (χ0v) is 16.7. The van der Waals surface area contributed by atoms with Crippen LogP contribution in [-0.4, -0.2) is 15.2 Å². The van der Waals surface area contributed by atoms with Gasteiger partial charge in [0, 0.05) is 22.1 Å². The Morgan fingerprint density at radius 2 is 1.73 bits per heavy atom. The number of hydrogen-bond acceptors (Lipinski definition) is 5. The van der Waals surface area contributed by atoms with E-state index in [1.807, 2.05) is 18.3 Å². The van der Waals surface area contributed by atoms with Gasteiger partial charge in [0.05, 0.1) is 16.4 Å². The zero-order valence-electron chi connectivity index (χ0n) is 15.9. The van der Waals surface area contributed by atoms with Gasteiger partial charge in [0.25, 0.3) is 0 Å². The topological polar surface area (TPSA) is 65.6 Å². The van der Waals surface area contributed by atoms with Crippen molar-refractivity contribution in [3.05, 3.63) is 84.4 Å². The van der Waals surface area contributed by atoms with E-state index in [0.29, 0.717) is 0 Å². The summed E-state index contributed by atoms with van der Waals surface area (Å²) in [6.07, 6.45) is 1.83. The first-order chi connectivity index (χ1) is 14.8. The van der Waals surface area contributed by atoms with Crippen LogP contribution in [0.3, 0.4) is 0 Å². The van der Waals surface area contributed by atoms with Crippen LogP contribution in [0.15, 0.2) is 84.4 Å². The van der Waals surface area contributed by atoms with Crippen LogP contribution < -0.4 is 10.6 Å². The van der Waals surface area contributed by atoms with Crippen molar-refractivity contribution in [1.82, 2.24) is 15.2 Å². The van der Waals surface area contributed by atoms with Gasteiger partial charge in [-0.15, -0.1) is 11.3 Å². The van der Waals surface area contributed by atoms with Gasteiger partial charge in [0.1, 0.15) is 5.82 Å². The number of aromatic nitrogens is 3. The lowest BCUT2D eigenvalue weighted by atomic mass is 10.1. The summed E-state index contributed by atoms with van der Waals surface area (Å²) in [4.78, 5) is 4.90. The number of H-pyrrole nitrogens is 1. The molecule has 3 N–H and O–H groups in total. The number of thiophene rings is 1. The van der Waals surface area contributed by atoms with Crippen LogP contribution in [0.1, 0.15) is 0 Å². The fourth-order valence-corrected chi connectivity index (χ4v) is 4.58. The molecule has 0 amide bonds.